The number of rotatable bonds is 3. The predicted octanol–water partition coefficient (Wildman–Crippen LogP) is 3.64. The van der Waals surface area contributed by atoms with Gasteiger partial charge in [0, 0.05) is 7.11 Å². The Hall–Kier alpha value is -1.90. The second-order valence-corrected chi connectivity index (χ2v) is 4.87. The van der Waals surface area contributed by atoms with Crippen LogP contribution in [0, 0.1) is 0 Å². The molecule has 0 bridgehead atoms. The van der Waals surface area contributed by atoms with Gasteiger partial charge in [-0.1, -0.05) is 36.4 Å². The first-order chi connectivity index (χ1) is 9.28. The summed E-state index contributed by atoms with van der Waals surface area (Å²) in [5, 5.41) is 4.99. The lowest BCUT2D eigenvalue weighted by Gasteiger charge is -2.12. The molecule has 0 aliphatic heterocycles. The summed E-state index contributed by atoms with van der Waals surface area (Å²) in [7, 11) is 1.68. The number of hydrogen-bond acceptors (Lipinski definition) is 2. The van der Waals surface area contributed by atoms with Crippen LogP contribution in [-0.2, 0) is 4.74 Å². The first-order valence-electron chi connectivity index (χ1n) is 6.45. The van der Waals surface area contributed by atoms with Gasteiger partial charge in [-0.15, -0.1) is 0 Å². The number of methoxy groups -OCH3 is 1. The molecule has 3 rings (SSSR count). The third-order valence-corrected chi connectivity index (χ3v) is 3.50. The first-order valence-corrected chi connectivity index (χ1v) is 6.45. The van der Waals surface area contributed by atoms with Crippen LogP contribution >= 0.6 is 0 Å². The summed E-state index contributed by atoms with van der Waals surface area (Å²) in [4.78, 5) is 0. The van der Waals surface area contributed by atoms with E-state index in [9.17, 15) is 0 Å². The van der Waals surface area contributed by atoms with Gasteiger partial charge >= 0.3 is 0 Å². The van der Waals surface area contributed by atoms with Gasteiger partial charge in [-0.25, -0.2) is 0 Å². The van der Waals surface area contributed by atoms with E-state index >= 15 is 0 Å². The average Bonchev–Trinajstić information content (AvgIpc) is 2.44. The molecule has 0 unspecified atom stereocenters. The van der Waals surface area contributed by atoms with Crippen LogP contribution in [-0.4, -0.2) is 13.7 Å². The van der Waals surface area contributed by atoms with E-state index in [4.69, 9.17) is 10.5 Å². The average molecular weight is 251 g/mol. The summed E-state index contributed by atoms with van der Waals surface area (Å²) in [5.41, 5.74) is 7.20. The fourth-order valence-corrected chi connectivity index (χ4v) is 2.46. The molecular formula is C17H17NO. The summed E-state index contributed by atoms with van der Waals surface area (Å²) in [6.45, 7) is 0.541. The molecule has 2 N–H and O–H groups in total. The minimum Gasteiger partial charge on any atom is -0.383 e. The molecule has 1 atom stereocenters. The summed E-state index contributed by atoms with van der Waals surface area (Å²) < 4.78 is 5.12. The fourth-order valence-electron chi connectivity index (χ4n) is 2.46. The molecule has 0 heterocycles. The molecule has 0 aliphatic carbocycles. The Morgan fingerprint density at radius 1 is 0.895 bits per heavy atom. The maximum Gasteiger partial charge on any atom is 0.0655 e. The van der Waals surface area contributed by atoms with Crippen LogP contribution in [0.2, 0.25) is 0 Å². The van der Waals surface area contributed by atoms with E-state index in [1.165, 1.54) is 21.5 Å². The third-order valence-electron chi connectivity index (χ3n) is 3.50. The lowest BCUT2D eigenvalue weighted by Crippen LogP contribution is -2.15. The summed E-state index contributed by atoms with van der Waals surface area (Å²) >= 11 is 0. The van der Waals surface area contributed by atoms with Gasteiger partial charge in [0.2, 0.25) is 0 Å². The zero-order valence-electron chi connectivity index (χ0n) is 11.0. The molecular weight excluding hydrogens is 234 g/mol. The van der Waals surface area contributed by atoms with Crippen LogP contribution in [0.15, 0.2) is 54.6 Å². The second kappa shape index (κ2) is 5.00. The number of hydrogen-bond donors (Lipinski definition) is 1. The molecule has 2 nitrogen and oxygen atoms in total. The van der Waals surface area contributed by atoms with Crippen molar-refractivity contribution in [2.24, 2.45) is 5.73 Å². The topological polar surface area (TPSA) is 35.2 Å². The molecule has 96 valence electrons. The minimum atomic E-state index is -0.0686. The van der Waals surface area contributed by atoms with Crippen molar-refractivity contribution < 1.29 is 4.74 Å². The normalized spacial score (nSPS) is 12.9. The molecule has 0 spiro atoms. The Bertz CT molecular complexity index is 721. The molecule has 3 aromatic rings. The maximum absolute atomic E-state index is 6.08. The molecule has 0 radical (unpaired) electrons. The molecule has 0 aromatic heterocycles. The molecule has 19 heavy (non-hydrogen) atoms. The van der Waals surface area contributed by atoms with Crippen molar-refractivity contribution in [1.29, 1.82) is 0 Å². The molecule has 2 heteroatoms. The number of ether oxygens (including phenoxy) is 1. The van der Waals surface area contributed by atoms with E-state index in [-0.39, 0.29) is 6.04 Å². The quantitative estimate of drug-likeness (QED) is 0.721. The number of fused-ring (bicyclic) bond motifs is 2. The first kappa shape index (κ1) is 12.2. The van der Waals surface area contributed by atoms with Gasteiger partial charge in [0.05, 0.1) is 12.6 Å². The Morgan fingerprint density at radius 3 is 2.21 bits per heavy atom. The zero-order chi connectivity index (χ0) is 13.2. The van der Waals surface area contributed by atoms with Crippen molar-refractivity contribution in [2.75, 3.05) is 13.7 Å². The Balaban J connectivity index is 2.14. The van der Waals surface area contributed by atoms with E-state index in [0.29, 0.717) is 6.61 Å². The largest absolute Gasteiger partial charge is 0.383 e. The van der Waals surface area contributed by atoms with Gasteiger partial charge in [-0.2, -0.15) is 0 Å². The van der Waals surface area contributed by atoms with E-state index in [1.54, 1.807) is 7.11 Å². The Kier molecular flexibility index (Phi) is 3.20. The van der Waals surface area contributed by atoms with Crippen LogP contribution < -0.4 is 5.73 Å². The van der Waals surface area contributed by atoms with Crippen molar-refractivity contribution in [3.8, 4) is 0 Å². The van der Waals surface area contributed by atoms with E-state index in [1.807, 2.05) is 0 Å². The van der Waals surface area contributed by atoms with Crippen LogP contribution in [0.4, 0.5) is 0 Å². The van der Waals surface area contributed by atoms with Gasteiger partial charge in [-0.05, 0) is 45.3 Å². The van der Waals surface area contributed by atoms with Gasteiger partial charge < -0.3 is 10.5 Å². The van der Waals surface area contributed by atoms with Crippen molar-refractivity contribution in [1.82, 2.24) is 0 Å². The highest BCUT2D eigenvalue weighted by Gasteiger charge is 2.06. The predicted molar refractivity (Wildman–Crippen MR) is 80.3 cm³/mol. The summed E-state index contributed by atoms with van der Waals surface area (Å²) in [5.74, 6) is 0. The second-order valence-electron chi connectivity index (χ2n) is 4.87. The molecule has 3 aromatic carbocycles. The van der Waals surface area contributed by atoms with Crippen molar-refractivity contribution in [3.05, 3.63) is 60.2 Å². The van der Waals surface area contributed by atoms with Crippen molar-refractivity contribution in [2.45, 2.75) is 6.04 Å². The number of nitrogens with two attached hydrogens (primary N) is 1. The van der Waals surface area contributed by atoms with Crippen molar-refractivity contribution >= 4 is 21.5 Å². The Labute approximate surface area is 112 Å². The highest BCUT2D eigenvalue weighted by molar-refractivity contribution is 5.98. The highest BCUT2D eigenvalue weighted by atomic mass is 16.5. The highest BCUT2D eigenvalue weighted by Crippen LogP contribution is 2.25. The van der Waals surface area contributed by atoms with Gasteiger partial charge in [-0.3, -0.25) is 0 Å². The van der Waals surface area contributed by atoms with E-state index in [2.05, 4.69) is 54.6 Å². The molecule has 0 saturated carbocycles. The maximum atomic E-state index is 6.08. The smallest absolute Gasteiger partial charge is 0.0655 e. The van der Waals surface area contributed by atoms with Crippen LogP contribution in [0.25, 0.3) is 21.5 Å². The lowest BCUT2D eigenvalue weighted by atomic mass is 9.99. The van der Waals surface area contributed by atoms with Crippen molar-refractivity contribution in [3.63, 3.8) is 0 Å². The minimum absolute atomic E-state index is 0.0686. The summed E-state index contributed by atoms with van der Waals surface area (Å²) in [6, 6.07) is 19.1. The molecule has 0 amide bonds. The standard InChI is InChI=1S/C17H17NO/c1-19-11-17(18)15-7-6-14-8-12-4-2-3-5-13(12)9-16(14)10-15/h2-10,17H,11,18H2,1H3/t17-/m1/s1. The van der Waals surface area contributed by atoms with E-state index in [0.717, 1.165) is 5.56 Å². The SMILES string of the molecule is COC[C@@H](N)c1ccc2cc3ccccc3cc2c1. The summed E-state index contributed by atoms with van der Waals surface area (Å²) in [6.07, 6.45) is 0. The monoisotopic (exact) mass is 251 g/mol. The fraction of sp³-hybridized carbons (Fsp3) is 0.176. The van der Waals surface area contributed by atoms with Gasteiger partial charge in [0.25, 0.3) is 0 Å². The van der Waals surface area contributed by atoms with Crippen LogP contribution in [0.5, 0.6) is 0 Å². The zero-order valence-corrected chi connectivity index (χ0v) is 11.0. The Morgan fingerprint density at radius 2 is 1.53 bits per heavy atom. The number of benzene rings is 3. The van der Waals surface area contributed by atoms with Gasteiger partial charge in [0.15, 0.2) is 0 Å². The molecule has 0 saturated heterocycles. The van der Waals surface area contributed by atoms with E-state index < -0.39 is 0 Å². The lowest BCUT2D eigenvalue weighted by molar-refractivity contribution is 0.181. The molecule has 0 fully saturated rings. The third kappa shape index (κ3) is 2.33. The molecule has 0 aliphatic rings. The van der Waals surface area contributed by atoms with Crippen LogP contribution in [0.1, 0.15) is 11.6 Å². The van der Waals surface area contributed by atoms with Gasteiger partial charge in [0.1, 0.15) is 0 Å². The van der Waals surface area contributed by atoms with Crippen LogP contribution in [0.3, 0.4) is 0 Å².